The summed E-state index contributed by atoms with van der Waals surface area (Å²) >= 11 is 1.48. The van der Waals surface area contributed by atoms with Gasteiger partial charge in [0, 0.05) is 7.05 Å². The summed E-state index contributed by atoms with van der Waals surface area (Å²) in [7, 11) is 1.70. The fraction of sp³-hybridized carbons (Fsp3) is 0.667. The van der Waals surface area contributed by atoms with Crippen molar-refractivity contribution >= 4 is 17.3 Å². The smallest absolute Gasteiger partial charge is 0.122 e. The molecule has 0 amide bonds. The molecule has 5 heavy (non-hydrogen) atoms. The summed E-state index contributed by atoms with van der Waals surface area (Å²) < 4.78 is 0. The second kappa shape index (κ2) is 4.02. The lowest BCUT2D eigenvalue weighted by atomic mass is 11.4. The molecule has 29 valence electrons. The first-order valence-corrected chi connectivity index (χ1v) is 2.51. The number of hydrogen-bond donors (Lipinski definition) is 0. The van der Waals surface area contributed by atoms with E-state index in [1.807, 2.05) is 6.26 Å². The molecule has 0 rings (SSSR count). The lowest BCUT2D eigenvalue weighted by molar-refractivity contribution is 1.49. The average Bonchev–Trinajstić information content (AvgIpc) is 1.41. The van der Waals surface area contributed by atoms with E-state index in [0.29, 0.717) is 0 Å². The number of nitrogens with zero attached hydrogens (tertiary/aromatic N) is 1. The van der Waals surface area contributed by atoms with Gasteiger partial charge in [-0.2, -0.15) is 0 Å². The molecule has 0 aliphatic heterocycles. The van der Waals surface area contributed by atoms with Gasteiger partial charge in [0.05, 0.1) is 0 Å². The topological polar surface area (TPSA) is 12.4 Å². The Hall–Kier alpha value is 0.0200. The van der Waals surface area contributed by atoms with Crippen LogP contribution in [-0.2, 0) is 0 Å². The van der Waals surface area contributed by atoms with Crippen LogP contribution in [0.4, 0.5) is 0 Å². The third-order valence-electron chi connectivity index (χ3n) is 0.183. The predicted molar refractivity (Wildman–Crippen MR) is 26.9 cm³/mol. The maximum Gasteiger partial charge on any atom is 0.122 e. The molecule has 0 spiro atoms. The first-order chi connectivity index (χ1) is 2.41. The van der Waals surface area contributed by atoms with E-state index >= 15 is 0 Å². The molecule has 0 atom stereocenters. The van der Waals surface area contributed by atoms with Gasteiger partial charge in [-0.25, -0.2) is 0 Å². The normalized spacial score (nSPS) is 10.0. The summed E-state index contributed by atoms with van der Waals surface area (Å²) in [6.07, 6.45) is 1.92. The van der Waals surface area contributed by atoms with Crippen LogP contribution >= 0.6 is 11.8 Å². The molecule has 0 aliphatic rings. The molecule has 0 N–H and O–H groups in total. The minimum Gasteiger partial charge on any atom is -0.279 e. The average molecular weight is 88.2 g/mol. The quantitative estimate of drug-likeness (QED) is 0.342. The van der Waals surface area contributed by atoms with E-state index in [0.717, 1.165) is 0 Å². The highest BCUT2D eigenvalue weighted by atomic mass is 32.2. The van der Waals surface area contributed by atoms with Gasteiger partial charge in [-0.1, -0.05) is 0 Å². The number of thioether (sulfide) groups is 1. The minimum atomic E-state index is 1.48. The second-order valence-corrected chi connectivity index (χ2v) is 1.11. The van der Waals surface area contributed by atoms with Crippen molar-refractivity contribution in [1.82, 2.24) is 0 Å². The Balaban J connectivity index is 2.62. The molecule has 0 unspecified atom stereocenters. The van der Waals surface area contributed by atoms with Crippen molar-refractivity contribution < 1.29 is 0 Å². The van der Waals surface area contributed by atoms with E-state index in [2.05, 4.69) is 10.5 Å². The number of aliphatic imine (C=N–C) groups is 1. The van der Waals surface area contributed by atoms with Crippen LogP contribution in [0.15, 0.2) is 4.99 Å². The third-order valence-corrected chi connectivity index (χ3v) is 0.548. The largest absolute Gasteiger partial charge is 0.279 e. The van der Waals surface area contributed by atoms with Crippen molar-refractivity contribution in [3.05, 3.63) is 0 Å². The number of hydrogen-bond acceptors (Lipinski definition) is 2. The molecule has 0 aliphatic carbocycles. The lowest BCUT2D eigenvalue weighted by Crippen LogP contribution is -1.52. The highest BCUT2D eigenvalue weighted by molar-refractivity contribution is 8.11. The molecule has 0 saturated heterocycles. The minimum absolute atomic E-state index is 1.48. The summed E-state index contributed by atoms with van der Waals surface area (Å²) in [6.45, 7) is 0. The van der Waals surface area contributed by atoms with E-state index in [4.69, 9.17) is 0 Å². The van der Waals surface area contributed by atoms with Crippen molar-refractivity contribution in [2.75, 3.05) is 13.3 Å². The molecule has 1 radical (unpaired) electrons. The maximum atomic E-state index is 3.57. The van der Waals surface area contributed by atoms with Gasteiger partial charge in [-0.3, -0.25) is 4.99 Å². The number of rotatable bonds is 1. The van der Waals surface area contributed by atoms with Gasteiger partial charge in [0.1, 0.15) is 5.55 Å². The fourth-order valence-corrected chi connectivity index (χ4v) is 0.274. The van der Waals surface area contributed by atoms with Crippen LogP contribution in [0.25, 0.3) is 0 Å². The second-order valence-electron chi connectivity index (χ2n) is 0.519. The molecule has 0 aromatic rings. The van der Waals surface area contributed by atoms with Crippen LogP contribution in [0, 0.1) is 0 Å². The SMILES string of the molecule is CN=[C]SC. The van der Waals surface area contributed by atoms with Crippen molar-refractivity contribution in [2.45, 2.75) is 0 Å². The summed E-state index contributed by atoms with van der Waals surface area (Å²) in [5.41, 5.74) is 2.65. The van der Waals surface area contributed by atoms with Crippen LogP contribution < -0.4 is 0 Å². The Bertz CT molecular complexity index is 33.9. The van der Waals surface area contributed by atoms with Crippen LogP contribution in [-0.4, -0.2) is 18.9 Å². The zero-order valence-corrected chi connectivity index (χ0v) is 4.17. The van der Waals surface area contributed by atoms with Crippen LogP contribution in [0.5, 0.6) is 0 Å². The van der Waals surface area contributed by atoms with E-state index < -0.39 is 0 Å². The summed E-state index contributed by atoms with van der Waals surface area (Å²) in [5.74, 6) is 0. The maximum absolute atomic E-state index is 3.57. The molecule has 2 heteroatoms. The van der Waals surface area contributed by atoms with Gasteiger partial charge >= 0.3 is 0 Å². The Morgan fingerprint density at radius 2 is 2.40 bits per heavy atom. The van der Waals surface area contributed by atoms with Gasteiger partial charge < -0.3 is 0 Å². The van der Waals surface area contributed by atoms with E-state index in [1.54, 1.807) is 7.05 Å². The van der Waals surface area contributed by atoms with Crippen molar-refractivity contribution in [3.8, 4) is 0 Å². The molecule has 0 heterocycles. The van der Waals surface area contributed by atoms with Gasteiger partial charge in [-0.05, 0) is 6.26 Å². The Morgan fingerprint density at radius 1 is 1.80 bits per heavy atom. The third kappa shape index (κ3) is 4.02. The molecule has 0 aromatic carbocycles. The van der Waals surface area contributed by atoms with Crippen LogP contribution in [0.3, 0.4) is 0 Å². The highest BCUT2D eigenvalue weighted by Crippen LogP contribution is 1.78. The zero-order chi connectivity index (χ0) is 4.12. The van der Waals surface area contributed by atoms with Crippen LogP contribution in [0.1, 0.15) is 0 Å². The van der Waals surface area contributed by atoms with E-state index in [1.165, 1.54) is 11.8 Å². The first-order valence-electron chi connectivity index (χ1n) is 1.28. The van der Waals surface area contributed by atoms with Gasteiger partial charge in [0.25, 0.3) is 0 Å². The highest BCUT2D eigenvalue weighted by Gasteiger charge is 1.55. The molecule has 1 nitrogen and oxygen atoms in total. The Labute approximate surface area is 36.5 Å². The Kier molecular flexibility index (Phi) is 4.04. The molecule has 0 bridgehead atoms. The molecule has 0 aromatic heterocycles. The standard InChI is InChI=1S/C3H6NS/c1-4-3-5-2/h1-2H3. The van der Waals surface area contributed by atoms with Crippen molar-refractivity contribution in [1.29, 1.82) is 0 Å². The van der Waals surface area contributed by atoms with Crippen molar-refractivity contribution in [2.24, 2.45) is 4.99 Å². The van der Waals surface area contributed by atoms with Gasteiger partial charge in [0.2, 0.25) is 0 Å². The van der Waals surface area contributed by atoms with E-state index in [9.17, 15) is 0 Å². The first kappa shape index (κ1) is 5.02. The molecule has 0 saturated carbocycles. The molecular weight excluding hydrogens is 82.1 g/mol. The zero-order valence-electron chi connectivity index (χ0n) is 3.36. The fourth-order valence-electron chi connectivity index (χ4n) is 0.0913. The molecular formula is C3H6NS. The lowest BCUT2D eigenvalue weighted by Gasteiger charge is -1.64. The summed E-state index contributed by atoms with van der Waals surface area (Å²) in [4.78, 5) is 3.57. The summed E-state index contributed by atoms with van der Waals surface area (Å²) in [5, 5.41) is 0. The Morgan fingerprint density at radius 3 is 2.40 bits per heavy atom. The molecule has 0 fully saturated rings. The van der Waals surface area contributed by atoms with Crippen LogP contribution in [0.2, 0.25) is 0 Å². The van der Waals surface area contributed by atoms with E-state index in [-0.39, 0.29) is 0 Å². The van der Waals surface area contributed by atoms with Crippen molar-refractivity contribution in [3.63, 3.8) is 0 Å². The summed E-state index contributed by atoms with van der Waals surface area (Å²) in [6, 6.07) is 0. The predicted octanol–water partition coefficient (Wildman–Crippen LogP) is 0.885. The monoisotopic (exact) mass is 88.0 g/mol. The van der Waals surface area contributed by atoms with Gasteiger partial charge in [0.15, 0.2) is 0 Å². The van der Waals surface area contributed by atoms with Gasteiger partial charge in [-0.15, -0.1) is 11.8 Å².